The topological polar surface area (TPSA) is 90.7 Å². The number of aromatic nitrogens is 2. The molecular weight excluding hydrogens is 356 g/mol. The average Bonchev–Trinajstić information content (AvgIpc) is 2.88. The van der Waals surface area contributed by atoms with E-state index < -0.39 is 5.97 Å². The van der Waals surface area contributed by atoms with Gasteiger partial charge in [-0.25, -0.2) is 4.79 Å². The highest BCUT2D eigenvalue weighted by Gasteiger charge is 2.26. The van der Waals surface area contributed by atoms with Crippen LogP contribution in [0.5, 0.6) is 11.5 Å². The summed E-state index contributed by atoms with van der Waals surface area (Å²) in [6.45, 7) is 0.694. The van der Waals surface area contributed by atoms with E-state index >= 15 is 0 Å². The minimum atomic E-state index is -1.12. The summed E-state index contributed by atoms with van der Waals surface area (Å²) in [4.78, 5) is 22.3. The van der Waals surface area contributed by atoms with Crippen molar-refractivity contribution in [2.24, 2.45) is 7.05 Å². The second-order valence-electron chi connectivity index (χ2n) is 4.64. The molecule has 1 aliphatic rings. The number of rotatable bonds is 3. The molecule has 0 saturated heterocycles. The van der Waals surface area contributed by atoms with Crippen LogP contribution < -0.4 is 9.47 Å². The molecule has 114 valence electrons. The quantitative estimate of drug-likeness (QED) is 0.836. The SMILES string of the molecule is Cn1nc(C(=O)O)cc1-c1c(Br)cc(C=O)c2c1OCCO2. The van der Waals surface area contributed by atoms with Crippen LogP contribution in [0.2, 0.25) is 0 Å². The predicted molar refractivity (Wildman–Crippen MR) is 79.7 cm³/mol. The third-order valence-electron chi connectivity index (χ3n) is 3.27. The van der Waals surface area contributed by atoms with Crippen molar-refractivity contribution >= 4 is 28.2 Å². The smallest absolute Gasteiger partial charge is 0.356 e. The van der Waals surface area contributed by atoms with Gasteiger partial charge >= 0.3 is 5.97 Å². The van der Waals surface area contributed by atoms with Crippen molar-refractivity contribution in [2.45, 2.75) is 0 Å². The van der Waals surface area contributed by atoms with Crippen molar-refractivity contribution in [1.82, 2.24) is 9.78 Å². The Balaban J connectivity index is 2.27. The van der Waals surface area contributed by atoms with E-state index in [4.69, 9.17) is 14.6 Å². The zero-order valence-electron chi connectivity index (χ0n) is 11.5. The Kier molecular flexibility index (Phi) is 3.61. The van der Waals surface area contributed by atoms with Crippen LogP contribution in [-0.2, 0) is 7.05 Å². The van der Waals surface area contributed by atoms with Crippen LogP contribution in [0.15, 0.2) is 16.6 Å². The number of ether oxygens (including phenoxy) is 2. The zero-order valence-corrected chi connectivity index (χ0v) is 13.1. The van der Waals surface area contributed by atoms with E-state index in [1.165, 1.54) is 10.7 Å². The maximum absolute atomic E-state index is 11.2. The standard InChI is InChI=1S/C14H11BrN2O5/c1-17-10(5-9(16-17)14(19)20)11-8(15)4-7(6-18)12-13(11)22-3-2-21-12/h4-6H,2-3H2,1H3,(H,19,20). The summed E-state index contributed by atoms with van der Waals surface area (Å²) >= 11 is 3.40. The van der Waals surface area contributed by atoms with Crippen LogP contribution in [-0.4, -0.2) is 40.4 Å². The molecule has 0 aliphatic carbocycles. The number of fused-ring (bicyclic) bond motifs is 1. The Morgan fingerprint density at radius 3 is 2.64 bits per heavy atom. The van der Waals surface area contributed by atoms with Crippen LogP contribution in [0, 0.1) is 0 Å². The van der Waals surface area contributed by atoms with Crippen molar-refractivity contribution in [1.29, 1.82) is 0 Å². The monoisotopic (exact) mass is 366 g/mol. The van der Waals surface area contributed by atoms with E-state index in [0.29, 0.717) is 52.3 Å². The van der Waals surface area contributed by atoms with Gasteiger partial charge in [-0.2, -0.15) is 5.10 Å². The van der Waals surface area contributed by atoms with Crippen molar-refractivity contribution < 1.29 is 24.2 Å². The molecule has 0 bridgehead atoms. The number of carboxylic acid groups (broad SMARTS) is 1. The summed E-state index contributed by atoms with van der Waals surface area (Å²) in [6.07, 6.45) is 0.688. The number of aryl methyl sites for hydroxylation is 1. The Labute approximate surface area is 133 Å². The van der Waals surface area contributed by atoms with Crippen molar-refractivity contribution in [3.63, 3.8) is 0 Å². The number of halogens is 1. The molecule has 22 heavy (non-hydrogen) atoms. The van der Waals surface area contributed by atoms with Gasteiger partial charge in [-0.1, -0.05) is 0 Å². The van der Waals surface area contributed by atoms with E-state index in [0.717, 1.165) is 0 Å². The van der Waals surface area contributed by atoms with E-state index in [1.54, 1.807) is 13.1 Å². The average molecular weight is 367 g/mol. The first-order chi connectivity index (χ1) is 10.5. The second kappa shape index (κ2) is 5.45. The van der Waals surface area contributed by atoms with Crippen LogP contribution in [0.3, 0.4) is 0 Å². The minimum Gasteiger partial charge on any atom is -0.485 e. The number of aromatic carboxylic acids is 1. The normalized spacial score (nSPS) is 13.0. The molecule has 2 aromatic rings. The van der Waals surface area contributed by atoms with Crippen LogP contribution in [0.25, 0.3) is 11.3 Å². The van der Waals surface area contributed by atoms with Gasteiger partial charge in [-0.05, 0) is 28.1 Å². The third kappa shape index (κ3) is 2.25. The molecule has 1 N–H and O–H groups in total. The maximum atomic E-state index is 11.2. The van der Waals surface area contributed by atoms with Crippen LogP contribution >= 0.6 is 15.9 Å². The maximum Gasteiger partial charge on any atom is 0.356 e. The predicted octanol–water partition coefficient (Wildman–Crippen LogP) is 2.13. The van der Waals surface area contributed by atoms with Crippen molar-refractivity contribution in [3.05, 3.63) is 27.9 Å². The fourth-order valence-corrected chi connectivity index (χ4v) is 2.96. The van der Waals surface area contributed by atoms with Gasteiger partial charge in [0.25, 0.3) is 0 Å². The number of aldehydes is 1. The fourth-order valence-electron chi connectivity index (χ4n) is 2.33. The Morgan fingerprint density at radius 2 is 2.05 bits per heavy atom. The lowest BCUT2D eigenvalue weighted by molar-refractivity contribution is 0.0689. The first-order valence-corrected chi connectivity index (χ1v) is 7.17. The molecule has 0 saturated carbocycles. The van der Waals surface area contributed by atoms with Gasteiger partial charge in [0.2, 0.25) is 0 Å². The number of hydrogen-bond donors (Lipinski definition) is 1. The van der Waals surface area contributed by atoms with Crippen LogP contribution in [0.1, 0.15) is 20.8 Å². The Morgan fingerprint density at radius 1 is 1.36 bits per heavy atom. The molecule has 7 nitrogen and oxygen atoms in total. The third-order valence-corrected chi connectivity index (χ3v) is 3.90. The number of carbonyl (C=O) groups is 2. The van der Waals surface area contributed by atoms with E-state index in [1.807, 2.05) is 0 Å². The van der Waals surface area contributed by atoms with Crippen molar-refractivity contribution in [2.75, 3.05) is 13.2 Å². The molecule has 0 amide bonds. The highest BCUT2D eigenvalue weighted by molar-refractivity contribution is 9.10. The minimum absolute atomic E-state index is 0.0747. The lowest BCUT2D eigenvalue weighted by Gasteiger charge is -2.23. The Bertz CT molecular complexity index is 784. The number of carboxylic acids is 1. The summed E-state index contributed by atoms with van der Waals surface area (Å²) < 4.78 is 13.2. The molecule has 8 heteroatoms. The summed E-state index contributed by atoms with van der Waals surface area (Å²) in [6, 6.07) is 3.06. The summed E-state index contributed by atoms with van der Waals surface area (Å²) in [5.41, 5.74) is 1.44. The second-order valence-corrected chi connectivity index (χ2v) is 5.49. The molecule has 0 atom stereocenters. The van der Waals surface area contributed by atoms with Gasteiger partial charge in [0, 0.05) is 11.5 Å². The number of carbonyl (C=O) groups excluding carboxylic acids is 1. The molecular formula is C14H11BrN2O5. The molecule has 0 spiro atoms. The fraction of sp³-hybridized carbons (Fsp3) is 0.214. The van der Waals surface area contributed by atoms with Gasteiger partial charge in [0.05, 0.1) is 16.8 Å². The largest absolute Gasteiger partial charge is 0.485 e. The molecule has 2 heterocycles. The first kappa shape index (κ1) is 14.6. The summed E-state index contributed by atoms with van der Waals surface area (Å²) in [7, 11) is 1.64. The molecule has 0 radical (unpaired) electrons. The highest BCUT2D eigenvalue weighted by Crippen LogP contribution is 2.46. The van der Waals surface area contributed by atoms with Crippen LogP contribution in [0.4, 0.5) is 0 Å². The number of benzene rings is 1. The summed E-state index contributed by atoms with van der Waals surface area (Å²) in [5, 5.41) is 13.0. The number of nitrogens with zero attached hydrogens (tertiary/aromatic N) is 2. The lowest BCUT2D eigenvalue weighted by Crippen LogP contribution is -2.17. The molecule has 3 rings (SSSR count). The zero-order chi connectivity index (χ0) is 15.9. The highest BCUT2D eigenvalue weighted by atomic mass is 79.9. The Hall–Kier alpha value is -2.35. The van der Waals surface area contributed by atoms with E-state index in [-0.39, 0.29) is 5.69 Å². The summed E-state index contributed by atoms with van der Waals surface area (Å²) in [5.74, 6) is -0.353. The van der Waals surface area contributed by atoms with E-state index in [2.05, 4.69) is 21.0 Å². The van der Waals surface area contributed by atoms with Gasteiger partial charge in [0.1, 0.15) is 13.2 Å². The van der Waals surface area contributed by atoms with Gasteiger partial charge in [-0.15, -0.1) is 0 Å². The first-order valence-electron chi connectivity index (χ1n) is 6.38. The molecule has 1 aromatic carbocycles. The van der Waals surface area contributed by atoms with E-state index in [9.17, 15) is 9.59 Å². The number of hydrogen-bond acceptors (Lipinski definition) is 5. The van der Waals surface area contributed by atoms with Gasteiger partial charge in [-0.3, -0.25) is 9.48 Å². The lowest BCUT2D eigenvalue weighted by atomic mass is 10.1. The van der Waals surface area contributed by atoms with Gasteiger partial charge < -0.3 is 14.6 Å². The van der Waals surface area contributed by atoms with Crippen molar-refractivity contribution in [3.8, 4) is 22.8 Å². The van der Waals surface area contributed by atoms with Gasteiger partial charge in [0.15, 0.2) is 23.5 Å². The molecule has 1 aromatic heterocycles. The molecule has 0 fully saturated rings. The molecule has 0 unspecified atom stereocenters. The molecule has 1 aliphatic heterocycles.